The van der Waals surface area contributed by atoms with Crippen LogP contribution in [0.1, 0.15) is 35.2 Å². The average molecular weight is 320 g/mol. The number of allylic oxidation sites excluding steroid dienone is 1. The summed E-state index contributed by atoms with van der Waals surface area (Å²) in [5, 5.41) is 19.6. The highest BCUT2D eigenvalue weighted by Gasteiger charge is 2.20. The normalized spacial score (nSPS) is 22.6. The summed E-state index contributed by atoms with van der Waals surface area (Å²) < 4.78 is 19.0. The number of esters is 1. The van der Waals surface area contributed by atoms with Crippen molar-refractivity contribution in [3.63, 3.8) is 0 Å². The Hall–Kier alpha value is -2.47. The van der Waals surface area contributed by atoms with E-state index in [1.807, 2.05) is 0 Å². The number of benzene rings is 1. The zero-order valence-electron chi connectivity index (χ0n) is 12.4. The highest BCUT2D eigenvalue weighted by atomic mass is 19.1. The van der Waals surface area contributed by atoms with Gasteiger partial charge in [-0.3, -0.25) is 4.79 Å². The Kier molecular flexibility index (Phi) is 5.65. The maximum Gasteiger partial charge on any atom is 0.342 e. The van der Waals surface area contributed by atoms with E-state index < -0.39 is 17.9 Å². The largest absolute Gasteiger partial charge is 0.507 e. The minimum absolute atomic E-state index is 0.00965. The fourth-order valence-electron chi connectivity index (χ4n) is 2.19. The number of carbonyl (C=O) groups excluding carboxylic acids is 2. The van der Waals surface area contributed by atoms with Gasteiger partial charge in [0.2, 0.25) is 0 Å². The van der Waals surface area contributed by atoms with E-state index in [9.17, 15) is 24.2 Å². The summed E-state index contributed by atoms with van der Waals surface area (Å²) in [6, 6.07) is 2.12. The summed E-state index contributed by atoms with van der Waals surface area (Å²) in [5.74, 6) is -2.16. The van der Waals surface area contributed by atoms with Gasteiger partial charge >= 0.3 is 5.97 Å². The summed E-state index contributed by atoms with van der Waals surface area (Å²) in [5.41, 5.74) is -0.367. The van der Waals surface area contributed by atoms with Crippen LogP contribution in [0.25, 0.3) is 6.08 Å². The molecule has 0 radical (unpaired) electrons. The molecular formula is C17H17FO5. The lowest BCUT2D eigenvalue weighted by molar-refractivity contribution is -0.116. The van der Waals surface area contributed by atoms with Crippen LogP contribution in [0.3, 0.4) is 0 Å². The van der Waals surface area contributed by atoms with Gasteiger partial charge in [-0.05, 0) is 31.1 Å². The zero-order valence-corrected chi connectivity index (χ0v) is 12.4. The van der Waals surface area contributed by atoms with E-state index in [4.69, 9.17) is 4.74 Å². The van der Waals surface area contributed by atoms with Crippen LogP contribution in [0.2, 0.25) is 0 Å². The number of fused-ring (bicyclic) bond motifs is 1. The van der Waals surface area contributed by atoms with E-state index in [1.165, 1.54) is 24.3 Å². The lowest BCUT2D eigenvalue weighted by atomic mass is 10.0. The molecule has 6 heteroatoms. The number of hydrogen-bond donors (Lipinski definition) is 2. The number of aromatic hydroxyl groups is 1. The van der Waals surface area contributed by atoms with Gasteiger partial charge < -0.3 is 14.9 Å². The van der Waals surface area contributed by atoms with E-state index in [-0.39, 0.29) is 42.1 Å². The number of aliphatic hydroxyl groups is 1. The molecule has 1 aliphatic rings. The number of carbonyl (C=O) groups is 2. The molecule has 0 bridgehead atoms. The maximum absolute atomic E-state index is 14.0. The molecular weight excluding hydrogens is 303 g/mol. The molecule has 2 rings (SSSR count). The van der Waals surface area contributed by atoms with Crippen molar-refractivity contribution in [2.24, 2.45) is 0 Å². The standard InChI is InChI=1S/C17H17FO5/c18-14-7-8-15(21)16-13(14)6-3-5-12(20)10-11(19)4-1-2-9-23-17(16)22/h1,3-4,6-8,12,20-21H,2,5,9-10H2/b4-1-,6-3+/t12-/m0/s1. The smallest absolute Gasteiger partial charge is 0.342 e. The first-order chi connectivity index (χ1) is 11.0. The molecule has 1 aromatic rings. The Morgan fingerprint density at radius 1 is 1.17 bits per heavy atom. The molecule has 0 saturated carbocycles. The van der Waals surface area contributed by atoms with Gasteiger partial charge in [0.05, 0.1) is 12.7 Å². The minimum atomic E-state index is -0.901. The van der Waals surface area contributed by atoms with E-state index in [2.05, 4.69) is 0 Å². The summed E-state index contributed by atoms with van der Waals surface area (Å²) in [6.45, 7) is -0.00965. The molecule has 1 aliphatic heterocycles. The highest BCUT2D eigenvalue weighted by Crippen LogP contribution is 2.26. The van der Waals surface area contributed by atoms with Crippen LogP contribution < -0.4 is 0 Å². The van der Waals surface area contributed by atoms with Gasteiger partial charge in [0.25, 0.3) is 0 Å². The molecule has 0 fully saturated rings. The summed E-state index contributed by atoms with van der Waals surface area (Å²) in [4.78, 5) is 23.6. The number of rotatable bonds is 0. The lowest BCUT2D eigenvalue weighted by Gasteiger charge is -2.10. The number of ketones is 1. The quantitative estimate of drug-likeness (QED) is 0.717. The lowest BCUT2D eigenvalue weighted by Crippen LogP contribution is -2.12. The number of cyclic esters (lactones) is 1. The number of phenolic OH excluding ortho intramolecular Hbond substituents is 1. The molecule has 0 spiro atoms. The third-order valence-electron chi connectivity index (χ3n) is 3.33. The molecule has 1 heterocycles. The third kappa shape index (κ3) is 4.50. The van der Waals surface area contributed by atoms with Gasteiger partial charge in [-0.15, -0.1) is 0 Å². The van der Waals surface area contributed by atoms with Crippen LogP contribution in [-0.2, 0) is 9.53 Å². The van der Waals surface area contributed by atoms with E-state index in [0.29, 0.717) is 6.42 Å². The Morgan fingerprint density at radius 3 is 2.74 bits per heavy atom. The number of halogens is 1. The molecule has 23 heavy (non-hydrogen) atoms. The van der Waals surface area contributed by atoms with Gasteiger partial charge in [0.1, 0.15) is 17.1 Å². The van der Waals surface area contributed by atoms with Crippen molar-refractivity contribution < 1.29 is 28.9 Å². The van der Waals surface area contributed by atoms with Crippen LogP contribution in [-0.4, -0.2) is 34.7 Å². The van der Waals surface area contributed by atoms with Crippen LogP contribution in [0.4, 0.5) is 4.39 Å². The molecule has 0 unspecified atom stereocenters. The van der Waals surface area contributed by atoms with Crippen LogP contribution in [0.15, 0.2) is 30.4 Å². The molecule has 0 aliphatic carbocycles. The zero-order chi connectivity index (χ0) is 16.8. The number of hydrogen-bond acceptors (Lipinski definition) is 5. The first-order valence-corrected chi connectivity index (χ1v) is 7.21. The molecule has 5 nitrogen and oxygen atoms in total. The fraction of sp³-hybridized carbons (Fsp3) is 0.294. The highest BCUT2D eigenvalue weighted by molar-refractivity contribution is 5.96. The predicted molar refractivity (Wildman–Crippen MR) is 81.4 cm³/mol. The van der Waals surface area contributed by atoms with E-state index >= 15 is 0 Å². The topological polar surface area (TPSA) is 83.8 Å². The molecule has 0 saturated heterocycles. The minimum Gasteiger partial charge on any atom is -0.507 e. The number of ether oxygens (including phenoxy) is 1. The first kappa shape index (κ1) is 16.9. The molecule has 122 valence electrons. The second-order valence-electron chi connectivity index (χ2n) is 5.14. The maximum atomic E-state index is 14.0. The molecule has 0 aromatic heterocycles. The Bertz CT molecular complexity index is 663. The number of phenols is 1. The second kappa shape index (κ2) is 7.69. The molecule has 0 amide bonds. The van der Waals surface area contributed by atoms with Crippen molar-refractivity contribution in [1.82, 2.24) is 0 Å². The third-order valence-corrected chi connectivity index (χ3v) is 3.33. The van der Waals surface area contributed by atoms with E-state index in [1.54, 1.807) is 0 Å². The van der Waals surface area contributed by atoms with Gasteiger partial charge in [0, 0.05) is 12.0 Å². The summed E-state index contributed by atoms with van der Waals surface area (Å²) >= 11 is 0. The summed E-state index contributed by atoms with van der Waals surface area (Å²) in [7, 11) is 0. The second-order valence-corrected chi connectivity index (χ2v) is 5.14. The Morgan fingerprint density at radius 2 is 1.96 bits per heavy atom. The molecule has 2 N–H and O–H groups in total. The van der Waals surface area contributed by atoms with Crippen LogP contribution >= 0.6 is 0 Å². The first-order valence-electron chi connectivity index (χ1n) is 7.21. The van der Waals surface area contributed by atoms with Gasteiger partial charge in [-0.1, -0.05) is 18.2 Å². The number of aliphatic hydroxyl groups excluding tert-OH is 1. The Balaban J connectivity index is 2.37. The van der Waals surface area contributed by atoms with Crippen molar-refractivity contribution in [3.05, 3.63) is 47.3 Å². The monoisotopic (exact) mass is 320 g/mol. The predicted octanol–water partition coefficient (Wildman–Crippen LogP) is 2.37. The van der Waals surface area contributed by atoms with E-state index in [0.717, 1.165) is 12.1 Å². The van der Waals surface area contributed by atoms with Crippen molar-refractivity contribution >= 4 is 17.8 Å². The molecule has 1 aromatic carbocycles. The van der Waals surface area contributed by atoms with Crippen molar-refractivity contribution in [3.8, 4) is 5.75 Å². The van der Waals surface area contributed by atoms with Gasteiger partial charge in [-0.2, -0.15) is 0 Å². The van der Waals surface area contributed by atoms with Gasteiger partial charge in [-0.25, -0.2) is 9.18 Å². The van der Waals surface area contributed by atoms with Gasteiger partial charge in [0.15, 0.2) is 5.78 Å². The average Bonchev–Trinajstić information content (AvgIpc) is 2.49. The fourth-order valence-corrected chi connectivity index (χ4v) is 2.19. The van der Waals surface area contributed by atoms with Crippen LogP contribution in [0.5, 0.6) is 5.75 Å². The molecule has 1 atom stereocenters. The van der Waals surface area contributed by atoms with Crippen molar-refractivity contribution in [1.29, 1.82) is 0 Å². The Labute approximate surface area is 132 Å². The summed E-state index contributed by atoms with van der Waals surface area (Å²) in [6.07, 6.45) is 5.08. The SMILES string of the molecule is O=C1/C=C\CCOC(=O)c2c(O)ccc(F)c2/C=C/C[C@H](O)C1. The van der Waals surface area contributed by atoms with Crippen molar-refractivity contribution in [2.45, 2.75) is 25.4 Å². The van der Waals surface area contributed by atoms with Crippen LogP contribution in [0, 0.1) is 5.82 Å². The van der Waals surface area contributed by atoms with Crippen molar-refractivity contribution in [2.75, 3.05) is 6.61 Å².